The standard InChI is InChI=1S/C13H17NO2/c1-10-4-5-12(15)13(6-2-3-7-13)16-11(8-10)9-14/h4-5,8-9H,2-3,6-7,14H2,1H3/b5-4-,10-8-,11-9-. The summed E-state index contributed by atoms with van der Waals surface area (Å²) in [4.78, 5) is 12.1. The van der Waals surface area contributed by atoms with E-state index in [-0.39, 0.29) is 5.78 Å². The van der Waals surface area contributed by atoms with Crippen molar-refractivity contribution in [3.63, 3.8) is 0 Å². The van der Waals surface area contributed by atoms with Crippen molar-refractivity contribution in [3.8, 4) is 0 Å². The molecule has 0 aromatic rings. The van der Waals surface area contributed by atoms with E-state index >= 15 is 0 Å². The zero-order valence-electron chi connectivity index (χ0n) is 9.53. The van der Waals surface area contributed by atoms with Crippen molar-refractivity contribution in [2.24, 2.45) is 5.73 Å². The van der Waals surface area contributed by atoms with Gasteiger partial charge in [0.25, 0.3) is 0 Å². The summed E-state index contributed by atoms with van der Waals surface area (Å²) in [5.74, 6) is 0.661. The minimum absolute atomic E-state index is 0.0665. The number of rotatable bonds is 0. The molecule has 1 saturated carbocycles. The van der Waals surface area contributed by atoms with Crippen LogP contribution in [0.3, 0.4) is 0 Å². The Kier molecular flexibility index (Phi) is 2.86. The second-order valence-corrected chi connectivity index (χ2v) is 4.46. The lowest BCUT2D eigenvalue weighted by Crippen LogP contribution is -2.37. The fraction of sp³-hybridized carbons (Fsp3) is 0.462. The Morgan fingerprint density at radius 3 is 2.69 bits per heavy atom. The molecule has 3 heteroatoms. The normalized spacial score (nSPS) is 31.7. The molecule has 1 aliphatic carbocycles. The molecule has 0 amide bonds. The maximum atomic E-state index is 12.1. The number of allylic oxidation sites excluding steroid dienone is 3. The molecule has 2 N–H and O–H groups in total. The van der Waals surface area contributed by atoms with Crippen LogP contribution in [0.1, 0.15) is 32.6 Å². The minimum Gasteiger partial charge on any atom is -0.478 e. The van der Waals surface area contributed by atoms with Gasteiger partial charge in [0.15, 0.2) is 11.4 Å². The van der Waals surface area contributed by atoms with E-state index in [1.165, 1.54) is 6.20 Å². The highest BCUT2D eigenvalue weighted by Gasteiger charge is 2.42. The molecule has 0 aromatic carbocycles. The van der Waals surface area contributed by atoms with E-state index in [4.69, 9.17) is 10.5 Å². The van der Waals surface area contributed by atoms with E-state index in [1.807, 2.05) is 19.1 Å². The number of ether oxygens (including phenoxy) is 1. The lowest BCUT2D eigenvalue weighted by molar-refractivity contribution is -0.133. The summed E-state index contributed by atoms with van der Waals surface area (Å²) >= 11 is 0. The molecule has 0 aromatic heterocycles. The van der Waals surface area contributed by atoms with E-state index in [0.717, 1.165) is 31.3 Å². The van der Waals surface area contributed by atoms with Crippen molar-refractivity contribution in [3.05, 3.63) is 35.8 Å². The first kappa shape index (κ1) is 11.0. The molecule has 1 heterocycles. The Labute approximate surface area is 95.7 Å². The molecule has 1 spiro atoms. The molecule has 1 aliphatic heterocycles. The zero-order valence-corrected chi connectivity index (χ0v) is 9.53. The number of carbonyl (C=O) groups is 1. The Morgan fingerprint density at radius 2 is 2.06 bits per heavy atom. The van der Waals surface area contributed by atoms with Gasteiger partial charge in [-0.05, 0) is 50.3 Å². The maximum absolute atomic E-state index is 12.1. The molecule has 86 valence electrons. The van der Waals surface area contributed by atoms with E-state index in [1.54, 1.807) is 6.08 Å². The summed E-state index contributed by atoms with van der Waals surface area (Å²) in [5, 5.41) is 0. The first-order valence-corrected chi connectivity index (χ1v) is 5.68. The number of carbonyl (C=O) groups excluding carboxylic acids is 1. The molecule has 0 atom stereocenters. The van der Waals surface area contributed by atoms with Gasteiger partial charge in [0.1, 0.15) is 5.76 Å². The summed E-state index contributed by atoms with van der Waals surface area (Å²) in [6.07, 6.45) is 10.4. The van der Waals surface area contributed by atoms with Crippen molar-refractivity contribution < 1.29 is 9.53 Å². The molecule has 0 radical (unpaired) electrons. The predicted octanol–water partition coefficient (Wildman–Crippen LogP) is 2.20. The maximum Gasteiger partial charge on any atom is 0.199 e. The van der Waals surface area contributed by atoms with Gasteiger partial charge in [-0.2, -0.15) is 0 Å². The van der Waals surface area contributed by atoms with Crippen molar-refractivity contribution in [2.45, 2.75) is 38.2 Å². The summed E-state index contributed by atoms with van der Waals surface area (Å²) in [6, 6.07) is 0. The average Bonchev–Trinajstić information content (AvgIpc) is 2.73. The molecule has 0 unspecified atom stereocenters. The van der Waals surface area contributed by atoms with Gasteiger partial charge < -0.3 is 10.5 Å². The SMILES string of the molecule is CC1=C/C(=C/N)OC2(CCCC2)C(=O)/C=C\1. The van der Waals surface area contributed by atoms with E-state index in [0.29, 0.717) is 5.76 Å². The van der Waals surface area contributed by atoms with Crippen molar-refractivity contribution in [1.82, 2.24) is 0 Å². The van der Waals surface area contributed by atoms with Gasteiger partial charge in [-0.1, -0.05) is 6.08 Å². The summed E-state index contributed by atoms with van der Waals surface area (Å²) in [7, 11) is 0. The van der Waals surface area contributed by atoms with Gasteiger partial charge in [-0.15, -0.1) is 0 Å². The van der Waals surface area contributed by atoms with Crippen LogP contribution < -0.4 is 5.73 Å². The van der Waals surface area contributed by atoms with Crippen LogP contribution in [0.15, 0.2) is 35.8 Å². The fourth-order valence-electron chi connectivity index (χ4n) is 2.31. The van der Waals surface area contributed by atoms with Crippen molar-refractivity contribution >= 4 is 5.78 Å². The number of hydrogen-bond donors (Lipinski definition) is 1. The molecule has 16 heavy (non-hydrogen) atoms. The summed E-state index contributed by atoms with van der Waals surface area (Å²) < 4.78 is 5.83. The lowest BCUT2D eigenvalue weighted by Gasteiger charge is -2.29. The molecule has 2 aliphatic rings. The van der Waals surface area contributed by atoms with E-state index in [2.05, 4.69) is 0 Å². The van der Waals surface area contributed by atoms with Gasteiger partial charge in [0, 0.05) is 6.20 Å². The summed E-state index contributed by atoms with van der Waals surface area (Å²) in [6.45, 7) is 1.92. The average molecular weight is 219 g/mol. The second kappa shape index (κ2) is 4.16. The molecule has 3 nitrogen and oxygen atoms in total. The molecular weight excluding hydrogens is 202 g/mol. The highest BCUT2D eigenvalue weighted by molar-refractivity contribution is 5.98. The topological polar surface area (TPSA) is 52.3 Å². The Balaban J connectivity index is 2.37. The number of hydrogen-bond acceptors (Lipinski definition) is 3. The first-order valence-electron chi connectivity index (χ1n) is 5.68. The molecule has 0 saturated heterocycles. The third kappa shape index (κ3) is 1.90. The van der Waals surface area contributed by atoms with Crippen LogP contribution in [-0.4, -0.2) is 11.4 Å². The van der Waals surface area contributed by atoms with Crippen LogP contribution in [0.2, 0.25) is 0 Å². The number of ketones is 1. The minimum atomic E-state index is -0.654. The molecule has 2 rings (SSSR count). The highest BCUT2D eigenvalue weighted by Crippen LogP contribution is 2.37. The third-order valence-corrected chi connectivity index (χ3v) is 3.21. The quantitative estimate of drug-likeness (QED) is 0.679. The fourth-order valence-corrected chi connectivity index (χ4v) is 2.31. The number of nitrogens with two attached hydrogens (primary N) is 1. The van der Waals surface area contributed by atoms with Crippen LogP contribution in [-0.2, 0) is 9.53 Å². The largest absolute Gasteiger partial charge is 0.478 e. The van der Waals surface area contributed by atoms with Gasteiger partial charge in [0.05, 0.1) is 0 Å². The van der Waals surface area contributed by atoms with Crippen LogP contribution in [0.25, 0.3) is 0 Å². The van der Waals surface area contributed by atoms with Crippen LogP contribution in [0.4, 0.5) is 0 Å². The van der Waals surface area contributed by atoms with Crippen LogP contribution >= 0.6 is 0 Å². The predicted molar refractivity (Wildman–Crippen MR) is 62.5 cm³/mol. The Hall–Kier alpha value is -1.51. The monoisotopic (exact) mass is 219 g/mol. The molecular formula is C13H17NO2. The van der Waals surface area contributed by atoms with Gasteiger partial charge in [0.2, 0.25) is 0 Å². The van der Waals surface area contributed by atoms with E-state index in [9.17, 15) is 4.79 Å². The second-order valence-electron chi connectivity index (χ2n) is 4.46. The summed E-state index contributed by atoms with van der Waals surface area (Å²) in [5.41, 5.74) is 5.83. The first-order chi connectivity index (χ1) is 7.66. The zero-order chi connectivity index (χ0) is 11.6. The van der Waals surface area contributed by atoms with Crippen molar-refractivity contribution in [2.75, 3.05) is 0 Å². The Bertz CT molecular complexity index is 385. The molecule has 1 fully saturated rings. The van der Waals surface area contributed by atoms with Gasteiger partial charge >= 0.3 is 0 Å². The highest BCUT2D eigenvalue weighted by atomic mass is 16.5. The van der Waals surface area contributed by atoms with E-state index < -0.39 is 5.60 Å². The lowest BCUT2D eigenvalue weighted by atomic mass is 9.94. The van der Waals surface area contributed by atoms with Crippen LogP contribution in [0.5, 0.6) is 0 Å². The Morgan fingerprint density at radius 1 is 1.38 bits per heavy atom. The smallest absolute Gasteiger partial charge is 0.199 e. The van der Waals surface area contributed by atoms with Gasteiger partial charge in [-0.25, -0.2) is 0 Å². The van der Waals surface area contributed by atoms with Gasteiger partial charge in [-0.3, -0.25) is 4.79 Å². The third-order valence-electron chi connectivity index (χ3n) is 3.21. The van der Waals surface area contributed by atoms with Crippen molar-refractivity contribution in [1.29, 1.82) is 0 Å². The van der Waals surface area contributed by atoms with Crippen LogP contribution in [0, 0.1) is 0 Å². The molecule has 0 bridgehead atoms.